The summed E-state index contributed by atoms with van der Waals surface area (Å²) >= 11 is 11.9. The maximum atomic E-state index is 12.6. The van der Waals surface area contributed by atoms with Gasteiger partial charge in [-0.1, -0.05) is 157 Å². The first kappa shape index (κ1) is 87.4. The molecule has 2 atom stereocenters. The van der Waals surface area contributed by atoms with Crippen LogP contribution in [-0.4, -0.2) is 146 Å². The number of aryl methyl sites for hydroxylation is 3. The number of aliphatic hydroxyl groups excluding tert-OH is 1. The third kappa shape index (κ3) is 22.0. The van der Waals surface area contributed by atoms with Crippen molar-refractivity contribution in [3.63, 3.8) is 0 Å². The number of carbonyl (C=O) groups is 3. The number of halogens is 2. The maximum absolute atomic E-state index is 12.6. The number of sulfonamides is 1. The second-order valence-corrected chi connectivity index (χ2v) is 32.1. The third-order valence-electron chi connectivity index (χ3n) is 20.8. The number of nitrogens with zero attached hydrogens (tertiary/aromatic N) is 9. The first-order valence-electron chi connectivity index (χ1n) is 40.5. The van der Waals surface area contributed by atoms with Gasteiger partial charge in [-0.05, 0) is 181 Å². The second kappa shape index (κ2) is 41.2. The summed E-state index contributed by atoms with van der Waals surface area (Å²) in [6.07, 6.45) is 4.02. The van der Waals surface area contributed by atoms with Crippen LogP contribution in [0.5, 0.6) is 0 Å². The van der Waals surface area contributed by atoms with Crippen molar-refractivity contribution in [2.45, 2.75) is 96.5 Å². The highest BCUT2D eigenvalue weighted by atomic mass is 35.5. The van der Waals surface area contributed by atoms with Crippen LogP contribution in [0.15, 0.2) is 256 Å². The molecular weight excluding hydrogens is 1600 g/mol. The first-order chi connectivity index (χ1) is 59.1. The zero-order valence-electron chi connectivity index (χ0n) is 69.3. The molecule has 628 valence electrons. The lowest BCUT2D eigenvalue weighted by Crippen LogP contribution is -2.42. The van der Waals surface area contributed by atoms with Crippen molar-refractivity contribution >= 4 is 141 Å². The summed E-state index contributed by atoms with van der Waals surface area (Å²) < 4.78 is 50.1. The van der Waals surface area contributed by atoms with Crippen LogP contribution in [0.2, 0.25) is 10.0 Å². The van der Waals surface area contributed by atoms with Crippen molar-refractivity contribution in [3.8, 4) is 11.4 Å². The van der Waals surface area contributed by atoms with Crippen molar-refractivity contribution in [2.75, 3.05) is 87.5 Å². The lowest BCUT2D eigenvalue weighted by molar-refractivity contribution is -0.142. The minimum absolute atomic E-state index is 0.0856. The number of methoxy groups -OCH3 is 1. The van der Waals surface area contributed by atoms with E-state index in [1.54, 1.807) is 42.5 Å². The number of esters is 3. The standard InChI is InChI=1S/C22H26N4.2C19H20ClN3O2.C19H19NO5S.C16H13N3O/c1-16-8-10-17(11-9-16)21-23-20-7-5-4-6-19(20)22(24-21)26(3)18-12-14-25(2)15-13-18;2*1-13(24)25-12-4-11-21-19-16-5-2-3-6-17(16)22-18(23-19)14-7-9-15(20)10-8-14;1-4-16-18(19(21)24-3)15-11-13(7-10-17(15)25-16)20-26(22,23)14-8-5-12(2)6-9-14;20-10-9-19-14-8-4-1-5-11(14)15-16(19)18-13-7-3-2-6-12(13)17-15/h4-11,18H,12-15H2,1-3H3;2*2-3,5-10,19,21H,4,11-12H2,1H3,(H,22,23);5-11,20H,4H2,1-3H3;1-8,20H,9-10H2. The SMILES string of the molecule is CC(=O)OCCCNC1N=C(c2ccc(Cl)cc2)Nc2ccccc21.CC(=O)OCCCNC1N=C(c2ccc(Cl)cc2)Nc2ccccc21.CCc1oc2ccc(NS(=O)(=O)c3ccc(C)cc3)cc2c1C(=O)OC.Cc1ccc(-c2nc(N(C)C3CCN(C)CC3)c3ccccc3n2)cc1.OCCn1c2ccccc2c2nc3ccccc3nc21. The number of rotatable bonds is 22. The molecule has 3 aliphatic heterocycles. The molecule has 4 aromatic heterocycles. The van der Waals surface area contributed by atoms with Crippen molar-refractivity contribution < 1.29 is 46.5 Å². The predicted octanol–water partition coefficient (Wildman–Crippen LogP) is 18.3. The molecule has 1 saturated heterocycles. The zero-order valence-corrected chi connectivity index (χ0v) is 71.6. The van der Waals surface area contributed by atoms with Gasteiger partial charge in [-0.25, -0.2) is 43.1 Å². The highest BCUT2D eigenvalue weighted by Crippen LogP contribution is 2.36. The number of nitrogens with one attached hydrogen (secondary N) is 5. The van der Waals surface area contributed by atoms with E-state index in [2.05, 4.69) is 105 Å². The Kier molecular flexibility index (Phi) is 29.5. The number of aliphatic hydroxyl groups is 1. The van der Waals surface area contributed by atoms with Crippen LogP contribution in [0.1, 0.15) is 108 Å². The van der Waals surface area contributed by atoms with Gasteiger partial charge in [0.25, 0.3) is 10.0 Å². The van der Waals surface area contributed by atoms with Gasteiger partial charge in [-0.3, -0.25) is 24.9 Å². The average Bonchev–Trinajstić information content (AvgIpc) is 1.59. The van der Waals surface area contributed by atoms with E-state index in [9.17, 15) is 27.9 Å². The van der Waals surface area contributed by atoms with Gasteiger partial charge >= 0.3 is 17.9 Å². The molecule has 3 aliphatic rings. The van der Waals surface area contributed by atoms with Crippen molar-refractivity contribution in [3.05, 3.63) is 291 Å². The number of hydrogen-bond donors (Lipinski definition) is 6. The Morgan fingerprint density at radius 2 is 1.11 bits per heavy atom. The fraction of sp³-hybridized carbons (Fsp3) is 0.253. The van der Waals surface area contributed by atoms with E-state index >= 15 is 0 Å². The number of fused-ring (bicyclic) bond motifs is 8. The van der Waals surface area contributed by atoms with Crippen LogP contribution in [-0.2, 0) is 46.8 Å². The minimum atomic E-state index is -3.73. The van der Waals surface area contributed by atoms with Gasteiger partial charge in [0, 0.05) is 124 Å². The van der Waals surface area contributed by atoms with Crippen LogP contribution in [0.3, 0.4) is 0 Å². The number of para-hydroxylation sites is 6. The number of piperidine rings is 1. The molecule has 122 heavy (non-hydrogen) atoms. The number of hydrogen-bond acceptors (Lipinski definition) is 22. The van der Waals surface area contributed by atoms with Crippen LogP contribution >= 0.6 is 23.2 Å². The topological polar surface area (TPSA) is 294 Å². The monoisotopic (exact) mass is 1700 g/mol. The number of amidine groups is 2. The summed E-state index contributed by atoms with van der Waals surface area (Å²) in [4.78, 5) is 67.6. The van der Waals surface area contributed by atoms with Gasteiger partial charge in [0.15, 0.2) is 11.5 Å². The van der Waals surface area contributed by atoms with Gasteiger partial charge < -0.3 is 48.7 Å². The maximum Gasteiger partial charge on any atom is 0.342 e. The number of anilines is 4. The van der Waals surface area contributed by atoms with E-state index in [-0.39, 0.29) is 35.8 Å². The second-order valence-electron chi connectivity index (χ2n) is 29.5. The van der Waals surface area contributed by atoms with Crippen molar-refractivity contribution in [1.82, 2.24) is 40.0 Å². The van der Waals surface area contributed by atoms with Crippen LogP contribution in [0.25, 0.3) is 66.4 Å². The number of furan rings is 1. The Hall–Kier alpha value is -12.5. The summed E-state index contributed by atoms with van der Waals surface area (Å²) in [6.45, 7) is 13.8. The van der Waals surface area contributed by atoms with Crippen molar-refractivity contribution in [1.29, 1.82) is 0 Å². The normalized spacial score (nSPS) is 14.3. The molecule has 0 bridgehead atoms. The highest BCUT2D eigenvalue weighted by Gasteiger charge is 2.28. The summed E-state index contributed by atoms with van der Waals surface area (Å²) in [6, 6.07) is 76.0. The lowest BCUT2D eigenvalue weighted by atomic mass is 10.0. The number of carbonyl (C=O) groups excluding carboxylic acids is 3. The molecule has 17 rings (SSSR count). The van der Waals surface area contributed by atoms with Gasteiger partial charge in [0.1, 0.15) is 52.2 Å². The molecule has 6 N–H and O–H groups in total. The van der Waals surface area contributed by atoms with Gasteiger partial charge in [0.05, 0.1) is 53.9 Å². The molecule has 0 saturated carbocycles. The Morgan fingerprint density at radius 3 is 1.66 bits per heavy atom. The number of ether oxygens (including phenoxy) is 3. The highest BCUT2D eigenvalue weighted by molar-refractivity contribution is 7.92. The fourth-order valence-electron chi connectivity index (χ4n) is 14.4. The quantitative estimate of drug-likeness (QED) is 0.0209. The van der Waals surface area contributed by atoms with E-state index in [1.807, 2.05) is 164 Å². The molecule has 27 heteroatoms. The molecule has 0 spiro atoms. The molecule has 14 aromatic rings. The minimum Gasteiger partial charge on any atom is -0.466 e. The molecular formula is C95H98Cl2N14O10S. The average molecular weight is 1700 g/mol. The molecule has 10 aromatic carbocycles. The Balaban J connectivity index is 0.000000132. The number of benzene rings is 10. The van der Waals surface area contributed by atoms with E-state index in [1.165, 1.54) is 39.4 Å². The van der Waals surface area contributed by atoms with Gasteiger partial charge in [-0.2, -0.15) is 0 Å². The molecule has 0 aliphatic carbocycles. The van der Waals surface area contributed by atoms with Crippen LogP contribution in [0.4, 0.5) is 22.9 Å². The van der Waals surface area contributed by atoms with E-state index < -0.39 is 16.0 Å². The summed E-state index contributed by atoms with van der Waals surface area (Å²) in [7, 11) is 1.95. The summed E-state index contributed by atoms with van der Waals surface area (Å²) in [5.74, 6) is 2.93. The summed E-state index contributed by atoms with van der Waals surface area (Å²) in [5.41, 5.74) is 16.2. The molecule has 1 fully saturated rings. The predicted molar refractivity (Wildman–Crippen MR) is 487 cm³/mol. The molecule has 0 radical (unpaired) electrons. The zero-order chi connectivity index (χ0) is 85.8. The van der Waals surface area contributed by atoms with E-state index in [0.717, 1.165) is 138 Å². The van der Waals surface area contributed by atoms with Gasteiger partial charge in [0.2, 0.25) is 0 Å². The fourth-order valence-corrected chi connectivity index (χ4v) is 15.7. The van der Waals surface area contributed by atoms with E-state index in [4.69, 9.17) is 71.8 Å². The smallest absolute Gasteiger partial charge is 0.342 e. The molecule has 7 heterocycles. The number of aromatic nitrogens is 5. The van der Waals surface area contributed by atoms with Crippen LogP contribution in [0, 0.1) is 13.8 Å². The Morgan fingerprint density at radius 1 is 0.598 bits per heavy atom. The third-order valence-corrected chi connectivity index (χ3v) is 22.7. The molecule has 2 unspecified atom stereocenters. The largest absolute Gasteiger partial charge is 0.466 e. The first-order valence-corrected chi connectivity index (χ1v) is 42.7. The number of aliphatic imine (C=N–C) groups is 2. The van der Waals surface area contributed by atoms with Crippen molar-refractivity contribution in [2.24, 2.45) is 9.98 Å². The lowest BCUT2D eigenvalue weighted by Gasteiger charge is -2.36. The Labute approximate surface area is 719 Å². The molecule has 24 nitrogen and oxygen atoms in total. The number of likely N-dealkylation sites (tertiary alicyclic amines) is 1. The Bertz CT molecular complexity index is 6050. The van der Waals surface area contributed by atoms with E-state index in [0.29, 0.717) is 83.3 Å². The van der Waals surface area contributed by atoms with Crippen LogP contribution < -0.4 is 30.9 Å². The summed E-state index contributed by atoms with van der Waals surface area (Å²) in [5, 5.41) is 27.0. The molecule has 0 amide bonds. The van der Waals surface area contributed by atoms with Gasteiger partial charge in [-0.15, -0.1) is 0 Å².